The minimum Gasteiger partial charge on any atom is -0.348 e. The maximum absolute atomic E-state index is 12.7. The summed E-state index contributed by atoms with van der Waals surface area (Å²) in [6.45, 7) is 2.20. The number of amides is 2. The van der Waals surface area contributed by atoms with Gasteiger partial charge in [0.05, 0.1) is 27.3 Å². The van der Waals surface area contributed by atoms with Gasteiger partial charge in [-0.25, -0.2) is 4.98 Å². The normalized spacial score (nSPS) is 23.8. The molecule has 2 aromatic rings. The van der Waals surface area contributed by atoms with Gasteiger partial charge in [-0.05, 0) is 44.7 Å². The van der Waals surface area contributed by atoms with Crippen molar-refractivity contribution >= 4 is 52.0 Å². The van der Waals surface area contributed by atoms with E-state index < -0.39 is 0 Å². The average molecular weight is 467 g/mol. The Bertz CT molecular complexity index is 937. The molecule has 1 aromatic heterocycles. The predicted octanol–water partition coefficient (Wildman–Crippen LogP) is 4.51. The topological polar surface area (TPSA) is 74.3 Å². The zero-order valence-electron chi connectivity index (χ0n) is 16.7. The molecule has 4 rings (SSSR count). The first-order valence-electron chi connectivity index (χ1n) is 10.1. The zero-order valence-corrected chi connectivity index (χ0v) is 19.0. The molecule has 3 heterocycles. The first-order chi connectivity index (χ1) is 14.4. The number of carbonyl (C=O) groups excluding carboxylic acids is 2. The van der Waals surface area contributed by atoms with Gasteiger partial charge in [0.25, 0.3) is 5.91 Å². The molecule has 1 aromatic carbocycles. The Hall–Kier alpha value is -1.67. The highest BCUT2D eigenvalue weighted by molar-refractivity contribution is 7.09. The molecule has 2 atom stereocenters. The van der Waals surface area contributed by atoms with Gasteiger partial charge in [-0.1, -0.05) is 35.7 Å². The number of carbonyl (C=O) groups is 2. The molecular weight excluding hydrogens is 443 g/mol. The van der Waals surface area contributed by atoms with E-state index in [0.29, 0.717) is 28.0 Å². The lowest BCUT2D eigenvalue weighted by Gasteiger charge is -2.48. The summed E-state index contributed by atoms with van der Waals surface area (Å²) in [4.78, 5) is 31.8. The van der Waals surface area contributed by atoms with Gasteiger partial charge in [-0.2, -0.15) is 0 Å². The second-order valence-electron chi connectivity index (χ2n) is 7.95. The highest BCUT2D eigenvalue weighted by atomic mass is 35.5. The van der Waals surface area contributed by atoms with E-state index in [1.165, 1.54) is 11.3 Å². The van der Waals surface area contributed by atoms with Gasteiger partial charge in [0.15, 0.2) is 0 Å². The maximum Gasteiger partial charge on any atom is 0.270 e. The quantitative estimate of drug-likeness (QED) is 0.679. The van der Waals surface area contributed by atoms with Crippen LogP contribution in [0.15, 0.2) is 23.6 Å². The number of thiazole rings is 1. The third-order valence-electron chi connectivity index (χ3n) is 5.86. The van der Waals surface area contributed by atoms with Gasteiger partial charge < -0.3 is 10.6 Å². The zero-order chi connectivity index (χ0) is 21.3. The maximum atomic E-state index is 12.7. The molecule has 2 fully saturated rings. The van der Waals surface area contributed by atoms with Crippen molar-refractivity contribution in [2.24, 2.45) is 0 Å². The van der Waals surface area contributed by atoms with Crippen molar-refractivity contribution < 1.29 is 9.59 Å². The molecule has 2 aliphatic heterocycles. The van der Waals surface area contributed by atoms with E-state index in [1.807, 2.05) is 6.92 Å². The van der Waals surface area contributed by atoms with E-state index in [2.05, 4.69) is 20.5 Å². The number of aromatic nitrogens is 1. The van der Waals surface area contributed by atoms with Crippen LogP contribution in [0.25, 0.3) is 0 Å². The second kappa shape index (κ2) is 9.22. The second-order valence-corrected chi connectivity index (χ2v) is 9.80. The predicted molar refractivity (Wildman–Crippen MR) is 121 cm³/mol. The van der Waals surface area contributed by atoms with Crippen molar-refractivity contribution in [1.82, 2.24) is 15.2 Å². The van der Waals surface area contributed by atoms with E-state index in [-0.39, 0.29) is 29.9 Å². The van der Waals surface area contributed by atoms with Crippen molar-refractivity contribution in [3.8, 4) is 0 Å². The molecule has 0 spiro atoms. The summed E-state index contributed by atoms with van der Waals surface area (Å²) in [7, 11) is 0. The number of anilines is 1. The van der Waals surface area contributed by atoms with Crippen molar-refractivity contribution in [2.75, 3.05) is 11.9 Å². The molecule has 6 nitrogen and oxygen atoms in total. The van der Waals surface area contributed by atoms with E-state index in [9.17, 15) is 9.59 Å². The van der Waals surface area contributed by atoms with Crippen molar-refractivity contribution in [2.45, 2.75) is 57.2 Å². The number of nitrogens with zero attached hydrogens (tertiary/aromatic N) is 2. The molecule has 2 unspecified atom stereocenters. The molecule has 2 bridgehead atoms. The SMILES string of the molecule is Cc1nc(C(=O)NC2CC3CCCC(C2)N3CC(=O)Nc2cccc(Cl)c2Cl)cs1. The molecule has 30 heavy (non-hydrogen) atoms. The minimum absolute atomic E-state index is 0.100. The van der Waals surface area contributed by atoms with Crippen LogP contribution in [0.5, 0.6) is 0 Å². The number of nitrogens with one attached hydrogen (secondary N) is 2. The fraction of sp³-hybridized carbons (Fsp3) is 0.476. The summed E-state index contributed by atoms with van der Waals surface area (Å²) < 4.78 is 0. The van der Waals surface area contributed by atoms with E-state index in [0.717, 1.165) is 37.1 Å². The monoisotopic (exact) mass is 466 g/mol. The lowest BCUT2D eigenvalue weighted by molar-refractivity contribution is -0.120. The third kappa shape index (κ3) is 4.80. The fourth-order valence-corrected chi connectivity index (χ4v) is 5.48. The fourth-order valence-electron chi connectivity index (χ4n) is 4.54. The Morgan fingerprint density at radius 1 is 1.23 bits per heavy atom. The number of aryl methyl sites for hydroxylation is 1. The average Bonchev–Trinajstić information content (AvgIpc) is 3.12. The van der Waals surface area contributed by atoms with Gasteiger partial charge in [0.1, 0.15) is 5.69 Å². The van der Waals surface area contributed by atoms with E-state index in [1.54, 1.807) is 23.6 Å². The van der Waals surface area contributed by atoms with Gasteiger partial charge in [0.2, 0.25) is 5.91 Å². The lowest BCUT2D eigenvalue weighted by atomic mass is 9.81. The van der Waals surface area contributed by atoms with Gasteiger partial charge in [0, 0.05) is 23.5 Å². The Balaban J connectivity index is 1.37. The van der Waals surface area contributed by atoms with Crippen LogP contribution in [0.1, 0.15) is 47.6 Å². The van der Waals surface area contributed by atoms with Crippen LogP contribution in [0.4, 0.5) is 5.69 Å². The number of hydrogen-bond acceptors (Lipinski definition) is 5. The van der Waals surface area contributed by atoms with Crippen LogP contribution in [0, 0.1) is 6.92 Å². The van der Waals surface area contributed by atoms with Crippen LogP contribution >= 0.6 is 34.5 Å². The number of halogens is 2. The first kappa shape index (κ1) is 21.6. The van der Waals surface area contributed by atoms with Gasteiger partial charge in [-0.3, -0.25) is 14.5 Å². The summed E-state index contributed by atoms with van der Waals surface area (Å²) in [6.07, 6.45) is 4.90. The highest BCUT2D eigenvalue weighted by Gasteiger charge is 2.39. The summed E-state index contributed by atoms with van der Waals surface area (Å²) in [5.74, 6) is -0.208. The molecule has 9 heteroatoms. The Morgan fingerprint density at radius 3 is 2.63 bits per heavy atom. The third-order valence-corrected chi connectivity index (χ3v) is 7.46. The van der Waals surface area contributed by atoms with E-state index in [4.69, 9.17) is 23.2 Å². The molecule has 0 aliphatic carbocycles. The Morgan fingerprint density at radius 2 is 1.97 bits per heavy atom. The van der Waals surface area contributed by atoms with Gasteiger partial charge in [-0.15, -0.1) is 11.3 Å². The molecule has 0 radical (unpaired) electrons. The lowest BCUT2D eigenvalue weighted by Crippen LogP contribution is -2.58. The minimum atomic E-state index is -0.107. The van der Waals surface area contributed by atoms with Crippen molar-refractivity contribution in [1.29, 1.82) is 0 Å². The molecule has 2 N–H and O–H groups in total. The smallest absolute Gasteiger partial charge is 0.270 e. The van der Waals surface area contributed by atoms with E-state index >= 15 is 0 Å². The summed E-state index contributed by atoms with van der Waals surface area (Å²) in [5.41, 5.74) is 1.02. The largest absolute Gasteiger partial charge is 0.348 e. The first-order valence-corrected chi connectivity index (χ1v) is 11.8. The number of hydrogen-bond donors (Lipinski definition) is 2. The number of piperidine rings is 2. The van der Waals surface area contributed by atoms with Crippen LogP contribution in [-0.2, 0) is 4.79 Å². The molecule has 160 valence electrons. The Kier molecular flexibility index (Phi) is 6.63. The molecular formula is C21H24Cl2N4O2S. The van der Waals surface area contributed by atoms with Crippen molar-refractivity contribution in [3.05, 3.63) is 44.3 Å². The van der Waals surface area contributed by atoms with Gasteiger partial charge >= 0.3 is 0 Å². The highest BCUT2D eigenvalue weighted by Crippen LogP contribution is 2.34. The summed E-state index contributed by atoms with van der Waals surface area (Å²) >= 11 is 13.7. The van der Waals surface area contributed by atoms with Crippen LogP contribution < -0.4 is 10.6 Å². The van der Waals surface area contributed by atoms with Crippen LogP contribution in [0.3, 0.4) is 0 Å². The number of rotatable bonds is 5. The van der Waals surface area contributed by atoms with Crippen LogP contribution in [0.2, 0.25) is 10.0 Å². The molecule has 2 saturated heterocycles. The standard InChI is InChI=1S/C21H24Cl2N4O2S/c1-12-24-18(11-30-12)21(29)25-13-8-14-4-2-5-15(9-13)27(14)10-19(28)26-17-7-3-6-16(22)20(17)23/h3,6-7,11,13-15H,2,4-5,8-10H2,1H3,(H,25,29)(H,26,28). The summed E-state index contributed by atoms with van der Waals surface area (Å²) in [5, 5.41) is 9.48. The summed E-state index contributed by atoms with van der Waals surface area (Å²) in [6, 6.07) is 5.86. The number of fused-ring (bicyclic) bond motifs is 2. The van der Waals surface area contributed by atoms with Crippen LogP contribution in [-0.4, -0.2) is 46.4 Å². The number of benzene rings is 1. The molecule has 0 saturated carbocycles. The molecule has 2 aliphatic rings. The van der Waals surface area contributed by atoms with Crippen molar-refractivity contribution in [3.63, 3.8) is 0 Å². The molecule has 2 amide bonds. The Labute approximate surface area is 190 Å².